The van der Waals surface area contributed by atoms with Crippen molar-refractivity contribution in [3.05, 3.63) is 46.5 Å². The molecular formula is C19H31IN4O2S. The molecule has 0 fully saturated rings. The van der Waals surface area contributed by atoms with Crippen molar-refractivity contribution in [2.45, 2.75) is 26.0 Å². The van der Waals surface area contributed by atoms with Gasteiger partial charge in [0.1, 0.15) is 12.4 Å². The Hall–Kier alpha value is -1.10. The van der Waals surface area contributed by atoms with E-state index in [-0.39, 0.29) is 24.0 Å². The van der Waals surface area contributed by atoms with Gasteiger partial charge in [0, 0.05) is 24.6 Å². The fourth-order valence-electron chi connectivity index (χ4n) is 2.46. The van der Waals surface area contributed by atoms with Crippen molar-refractivity contribution in [3.8, 4) is 0 Å². The van der Waals surface area contributed by atoms with Crippen LogP contribution in [0.5, 0.6) is 0 Å². The van der Waals surface area contributed by atoms with Crippen LogP contribution in [-0.4, -0.2) is 51.2 Å². The first-order valence-electron chi connectivity index (χ1n) is 9.02. The first-order valence-corrected chi connectivity index (χ1v) is 9.90. The molecule has 0 spiro atoms. The average Bonchev–Trinajstić information content (AvgIpc) is 3.31. The van der Waals surface area contributed by atoms with E-state index < -0.39 is 0 Å². The normalized spacial score (nSPS) is 12.7. The van der Waals surface area contributed by atoms with Gasteiger partial charge in [-0.3, -0.25) is 4.99 Å². The maximum Gasteiger partial charge on any atom is 0.191 e. The predicted octanol–water partition coefficient (Wildman–Crippen LogP) is 3.72. The number of aliphatic imine (C=N–C) groups is 1. The molecule has 1 unspecified atom stereocenters. The molecule has 0 amide bonds. The summed E-state index contributed by atoms with van der Waals surface area (Å²) in [4.78, 5) is 8.30. The monoisotopic (exact) mass is 506 g/mol. The van der Waals surface area contributed by atoms with Crippen LogP contribution in [0.25, 0.3) is 0 Å². The van der Waals surface area contributed by atoms with E-state index in [4.69, 9.17) is 14.1 Å². The molecule has 2 aromatic heterocycles. The molecule has 0 aromatic carbocycles. The third-order valence-electron chi connectivity index (χ3n) is 3.84. The number of rotatable bonds is 11. The summed E-state index contributed by atoms with van der Waals surface area (Å²) in [6, 6.07) is 8.34. The number of nitrogens with one attached hydrogen (secondary N) is 2. The minimum Gasteiger partial charge on any atom is -0.467 e. The maximum absolute atomic E-state index is 5.60. The Morgan fingerprint density at radius 1 is 1.30 bits per heavy atom. The lowest BCUT2D eigenvalue weighted by Gasteiger charge is -2.22. The average molecular weight is 506 g/mol. The van der Waals surface area contributed by atoms with E-state index in [0.29, 0.717) is 19.3 Å². The minimum atomic E-state index is 0. The van der Waals surface area contributed by atoms with Crippen LogP contribution in [0, 0.1) is 0 Å². The molecule has 8 heteroatoms. The quantitative estimate of drug-likeness (QED) is 0.211. The van der Waals surface area contributed by atoms with E-state index >= 15 is 0 Å². The first kappa shape index (κ1) is 23.9. The number of furan rings is 1. The summed E-state index contributed by atoms with van der Waals surface area (Å²) < 4.78 is 10.8. The van der Waals surface area contributed by atoms with Crippen molar-refractivity contribution in [3.63, 3.8) is 0 Å². The zero-order valence-electron chi connectivity index (χ0n) is 16.3. The molecular weight excluding hydrogens is 475 g/mol. The number of hydrogen-bond donors (Lipinski definition) is 2. The second-order valence-electron chi connectivity index (χ2n) is 6.13. The van der Waals surface area contributed by atoms with Crippen LogP contribution < -0.4 is 10.6 Å². The molecule has 2 aromatic rings. The Morgan fingerprint density at radius 3 is 2.78 bits per heavy atom. The van der Waals surface area contributed by atoms with Crippen molar-refractivity contribution in [2.24, 2.45) is 4.99 Å². The summed E-state index contributed by atoms with van der Waals surface area (Å²) in [5.41, 5.74) is 0. The summed E-state index contributed by atoms with van der Waals surface area (Å²) in [6.45, 7) is 5.65. The Labute approximate surface area is 183 Å². The SMILES string of the molecule is CCNC(=NCC(c1cccs1)N(C)C)NCCCOCc1ccco1.I. The van der Waals surface area contributed by atoms with Crippen LogP contribution in [0.2, 0.25) is 0 Å². The van der Waals surface area contributed by atoms with Gasteiger partial charge in [-0.2, -0.15) is 0 Å². The van der Waals surface area contributed by atoms with Gasteiger partial charge in [0.15, 0.2) is 5.96 Å². The number of nitrogens with zero attached hydrogens (tertiary/aromatic N) is 2. The van der Waals surface area contributed by atoms with Crippen molar-refractivity contribution >= 4 is 41.3 Å². The van der Waals surface area contributed by atoms with E-state index in [9.17, 15) is 0 Å². The topological polar surface area (TPSA) is 62.0 Å². The first-order chi connectivity index (χ1) is 12.7. The third-order valence-corrected chi connectivity index (χ3v) is 4.82. The molecule has 0 saturated heterocycles. The molecule has 0 saturated carbocycles. The Kier molecular flexibility index (Phi) is 12.4. The van der Waals surface area contributed by atoms with E-state index in [0.717, 1.165) is 37.8 Å². The van der Waals surface area contributed by atoms with Crippen LogP contribution in [0.1, 0.15) is 30.0 Å². The van der Waals surface area contributed by atoms with E-state index in [1.165, 1.54) is 4.88 Å². The molecule has 6 nitrogen and oxygen atoms in total. The molecule has 2 N–H and O–H groups in total. The maximum atomic E-state index is 5.60. The Morgan fingerprint density at radius 2 is 2.15 bits per heavy atom. The van der Waals surface area contributed by atoms with E-state index in [1.54, 1.807) is 17.6 Å². The second kappa shape index (κ2) is 14.0. The molecule has 0 aliphatic heterocycles. The highest BCUT2D eigenvalue weighted by molar-refractivity contribution is 14.0. The molecule has 0 aliphatic carbocycles. The van der Waals surface area contributed by atoms with Crippen LogP contribution in [0.4, 0.5) is 0 Å². The Balaban J connectivity index is 0.00000364. The summed E-state index contributed by atoms with van der Waals surface area (Å²) in [5.74, 6) is 1.71. The fraction of sp³-hybridized carbons (Fsp3) is 0.526. The van der Waals surface area contributed by atoms with Gasteiger partial charge in [-0.05, 0) is 51.0 Å². The highest BCUT2D eigenvalue weighted by Gasteiger charge is 2.14. The van der Waals surface area contributed by atoms with Gasteiger partial charge in [0.2, 0.25) is 0 Å². The van der Waals surface area contributed by atoms with Crippen LogP contribution in [0.3, 0.4) is 0 Å². The molecule has 27 heavy (non-hydrogen) atoms. The standard InChI is InChI=1S/C19H30N4O2S.HI/c1-4-20-19(21-10-7-11-24-15-16-8-5-12-25-16)22-14-17(23(2)3)18-9-6-13-26-18;/h5-6,8-9,12-13,17H,4,7,10-11,14-15H2,1-3H3,(H2,20,21,22);1H. The van der Waals surface area contributed by atoms with Gasteiger partial charge in [0.05, 0.1) is 18.8 Å². The number of likely N-dealkylation sites (N-methyl/N-ethyl adjacent to an activating group) is 1. The smallest absolute Gasteiger partial charge is 0.191 e. The lowest BCUT2D eigenvalue weighted by Crippen LogP contribution is -2.38. The number of guanidine groups is 1. The molecule has 0 radical (unpaired) electrons. The largest absolute Gasteiger partial charge is 0.467 e. The van der Waals surface area contributed by atoms with Crippen molar-refractivity contribution in [2.75, 3.05) is 40.3 Å². The van der Waals surface area contributed by atoms with Crippen molar-refractivity contribution in [1.82, 2.24) is 15.5 Å². The van der Waals surface area contributed by atoms with Gasteiger partial charge >= 0.3 is 0 Å². The highest BCUT2D eigenvalue weighted by Crippen LogP contribution is 2.23. The zero-order chi connectivity index (χ0) is 18.6. The van der Waals surface area contributed by atoms with Gasteiger partial charge in [-0.25, -0.2) is 0 Å². The third kappa shape index (κ3) is 9.09. The number of thiophene rings is 1. The van der Waals surface area contributed by atoms with Crippen LogP contribution in [0.15, 0.2) is 45.3 Å². The molecule has 152 valence electrons. The molecule has 2 rings (SSSR count). The Bertz CT molecular complexity index is 618. The molecule has 1 atom stereocenters. The molecule has 0 aliphatic rings. The molecule has 2 heterocycles. The number of halogens is 1. The number of hydrogen-bond acceptors (Lipinski definition) is 5. The van der Waals surface area contributed by atoms with Gasteiger partial charge in [0.25, 0.3) is 0 Å². The summed E-state index contributed by atoms with van der Waals surface area (Å²) >= 11 is 1.77. The summed E-state index contributed by atoms with van der Waals surface area (Å²) in [6.07, 6.45) is 2.57. The van der Waals surface area contributed by atoms with Gasteiger partial charge in [-0.15, -0.1) is 35.3 Å². The minimum absolute atomic E-state index is 0. The van der Waals surface area contributed by atoms with Crippen molar-refractivity contribution < 1.29 is 9.15 Å². The van der Waals surface area contributed by atoms with E-state index in [1.807, 2.05) is 12.1 Å². The summed E-state index contributed by atoms with van der Waals surface area (Å²) in [5, 5.41) is 8.79. The molecule has 0 bridgehead atoms. The zero-order valence-corrected chi connectivity index (χ0v) is 19.5. The highest BCUT2D eigenvalue weighted by atomic mass is 127. The van der Waals surface area contributed by atoms with Crippen molar-refractivity contribution in [1.29, 1.82) is 0 Å². The predicted molar refractivity (Wildman–Crippen MR) is 123 cm³/mol. The lowest BCUT2D eigenvalue weighted by atomic mass is 10.2. The second-order valence-corrected chi connectivity index (χ2v) is 7.11. The lowest BCUT2D eigenvalue weighted by molar-refractivity contribution is 0.105. The van der Waals surface area contributed by atoms with E-state index in [2.05, 4.69) is 54.1 Å². The van der Waals surface area contributed by atoms with Gasteiger partial charge < -0.3 is 24.7 Å². The number of ether oxygens (including phenoxy) is 1. The van der Waals surface area contributed by atoms with Crippen LogP contribution in [-0.2, 0) is 11.3 Å². The van der Waals surface area contributed by atoms with Gasteiger partial charge in [-0.1, -0.05) is 6.07 Å². The summed E-state index contributed by atoms with van der Waals surface area (Å²) in [7, 11) is 4.19. The fourth-order valence-corrected chi connectivity index (χ4v) is 3.37. The van der Waals surface area contributed by atoms with Crippen LogP contribution >= 0.6 is 35.3 Å².